The summed E-state index contributed by atoms with van der Waals surface area (Å²) in [5, 5.41) is 3.41. The fraction of sp³-hybridized carbons (Fsp3) is 0.471. The molecule has 1 N–H and O–H groups in total. The smallest absolute Gasteiger partial charge is 0.223 e. The quantitative estimate of drug-likeness (QED) is 0.922. The van der Waals surface area contributed by atoms with Crippen molar-refractivity contribution in [1.82, 2.24) is 14.9 Å². The second-order valence-corrected chi connectivity index (χ2v) is 6.98. The number of amides is 1. The summed E-state index contributed by atoms with van der Waals surface area (Å²) in [4.78, 5) is 23.6. The van der Waals surface area contributed by atoms with Crippen LogP contribution in [0.15, 0.2) is 18.3 Å². The Morgan fingerprint density at radius 1 is 1.38 bits per heavy atom. The molecule has 2 aromatic heterocycles. The van der Waals surface area contributed by atoms with Gasteiger partial charge in [0, 0.05) is 55.3 Å². The van der Waals surface area contributed by atoms with E-state index in [0.717, 1.165) is 36.5 Å². The van der Waals surface area contributed by atoms with Gasteiger partial charge in [0.05, 0.1) is 7.11 Å². The minimum absolute atomic E-state index is 0.0891. The fourth-order valence-corrected chi connectivity index (χ4v) is 3.90. The molecule has 0 saturated heterocycles. The minimum atomic E-state index is -0.0891. The number of fused-ring (bicyclic) bond motifs is 1. The Bertz CT molecular complexity index is 731. The van der Waals surface area contributed by atoms with Crippen LogP contribution in [0.5, 0.6) is 5.88 Å². The van der Waals surface area contributed by atoms with Crippen LogP contribution in [0.2, 0.25) is 0 Å². The molecule has 0 fully saturated rings. The predicted molar refractivity (Wildman–Crippen MR) is 94.6 cm³/mol. The van der Waals surface area contributed by atoms with Crippen LogP contribution >= 0.6 is 11.3 Å². The highest BCUT2D eigenvalue weighted by molar-refractivity contribution is 7.15. The molecule has 24 heavy (non-hydrogen) atoms. The van der Waals surface area contributed by atoms with Crippen molar-refractivity contribution >= 4 is 22.4 Å². The molecule has 0 radical (unpaired) electrons. The molecule has 7 heteroatoms. The van der Waals surface area contributed by atoms with Gasteiger partial charge in [-0.15, -0.1) is 11.3 Å². The molecule has 0 bridgehead atoms. The Kier molecular flexibility index (Phi) is 5.11. The second kappa shape index (κ2) is 7.27. The van der Waals surface area contributed by atoms with E-state index in [1.54, 1.807) is 7.11 Å². The third-order valence-electron chi connectivity index (χ3n) is 4.32. The predicted octanol–water partition coefficient (Wildman–Crippen LogP) is 2.67. The van der Waals surface area contributed by atoms with E-state index in [1.807, 2.05) is 12.3 Å². The van der Waals surface area contributed by atoms with Gasteiger partial charge in [-0.1, -0.05) is 6.07 Å². The van der Waals surface area contributed by atoms with Crippen molar-refractivity contribution in [1.29, 1.82) is 0 Å². The van der Waals surface area contributed by atoms with Gasteiger partial charge >= 0.3 is 0 Å². The zero-order chi connectivity index (χ0) is 17.1. The lowest BCUT2D eigenvalue weighted by molar-refractivity contribution is -0.114. The molecular formula is C17H22N4O2S. The zero-order valence-corrected chi connectivity index (χ0v) is 15.0. The third-order valence-corrected chi connectivity index (χ3v) is 5.41. The summed E-state index contributed by atoms with van der Waals surface area (Å²) in [6.07, 6.45) is 3.75. The van der Waals surface area contributed by atoms with E-state index in [-0.39, 0.29) is 11.9 Å². The Labute approximate surface area is 145 Å². The average molecular weight is 346 g/mol. The Morgan fingerprint density at radius 3 is 2.92 bits per heavy atom. The van der Waals surface area contributed by atoms with E-state index in [9.17, 15) is 4.79 Å². The molecule has 0 unspecified atom stereocenters. The summed E-state index contributed by atoms with van der Waals surface area (Å²) in [5.74, 6) is 0.589. The van der Waals surface area contributed by atoms with Crippen LogP contribution in [0.25, 0.3) is 0 Å². The first-order chi connectivity index (χ1) is 11.6. The molecule has 0 aromatic carbocycles. The Hall–Kier alpha value is -1.99. The Balaban J connectivity index is 1.70. The molecule has 6 nitrogen and oxygen atoms in total. The number of nitrogens with one attached hydrogen (secondary N) is 1. The van der Waals surface area contributed by atoms with E-state index in [2.05, 4.69) is 33.2 Å². The van der Waals surface area contributed by atoms with Crippen LogP contribution in [0.1, 0.15) is 36.0 Å². The van der Waals surface area contributed by atoms with Crippen molar-refractivity contribution in [3.05, 3.63) is 34.5 Å². The van der Waals surface area contributed by atoms with Gasteiger partial charge in [-0.2, -0.15) is 0 Å². The van der Waals surface area contributed by atoms with Crippen molar-refractivity contribution in [3.8, 4) is 5.88 Å². The number of pyridine rings is 1. The molecule has 1 aliphatic rings. The van der Waals surface area contributed by atoms with E-state index in [0.29, 0.717) is 11.0 Å². The third kappa shape index (κ3) is 3.73. The van der Waals surface area contributed by atoms with Gasteiger partial charge in [0.2, 0.25) is 11.8 Å². The molecular weight excluding hydrogens is 324 g/mol. The van der Waals surface area contributed by atoms with Crippen molar-refractivity contribution in [2.45, 2.75) is 32.7 Å². The highest BCUT2D eigenvalue weighted by atomic mass is 32.1. The number of ether oxygens (including phenoxy) is 1. The van der Waals surface area contributed by atoms with Gasteiger partial charge in [-0.05, 0) is 18.9 Å². The maximum absolute atomic E-state index is 11.1. The number of carbonyl (C=O) groups is 1. The topological polar surface area (TPSA) is 67.3 Å². The van der Waals surface area contributed by atoms with Crippen LogP contribution in [-0.2, 0) is 17.6 Å². The van der Waals surface area contributed by atoms with E-state index in [1.165, 1.54) is 23.8 Å². The molecule has 128 valence electrons. The summed E-state index contributed by atoms with van der Waals surface area (Å²) >= 11 is 1.54. The summed E-state index contributed by atoms with van der Waals surface area (Å²) in [6.45, 7) is 5.62. The van der Waals surface area contributed by atoms with Crippen LogP contribution in [0.4, 0.5) is 5.13 Å². The number of nitrogens with zero attached hydrogens (tertiary/aromatic N) is 3. The summed E-state index contributed by atoms with van der Waals surface area (Å²) in [6, 6.07) is 4.32. The van der Waals surface area contributed by atoms with Crippen LogP contribution < -0.4 is 10.1 Å². The SMILES string of the molecule is COc1ccc2c(n1)CCN([C@@H](C)c1cnc(NC(C)=O)s1)CC2. The molecule has 0 aliphatic carbocycles. The van der Waals surface area contributed by atoms with Crippen LogP contribution in [0, 0.1) is 0 Å². The number of anilines is 1. The van der Waals surface area contributed by atoms with Crippen LogP contribution in [-0.4, -0.2) is 41.0 Å². The maximum atomic E-state index is 11.1. The molecule has 3 heterocycles. The summed E-state index contributed by atoms with van der Waals surface area (Å²) in [5.41, 5.74) is 2.43. The molecule has 3 rings (SSSR count). The molecule has 0 spiro atoms. The number of methoxy groups -OCH3 is 1. The zero-order valence-electron chi connectivity index (χ0n) is 14.2. The van der Waals surface area contributed by atoms with Gasteiger partial charge in [-0.25, -0.2) is 9.97 Å². The first-order valence-corrected chi connectivity index (χ1v) is 8.88. The van der Waals surface area contributed by atoms with E-state index < -0.39 is 0 Å². The normalized spacial score (nSPS) is 16.1. The van der Waals surface area contributed by atoms with Gasteiger partial charge in [0.25, 0.3) is 0 Å². The molecule has 0 saturated carbocycles. The highest BCUT2D eigenvalue weighted by Gasteiger charge is 2.22. The summed E-state index contributed by atoms with van der Waals surface area (Å²) < 4.78 is 5.23. The summed E-state index contributed by atoms with van der Waals surface area (Å²) in [7, 11) is 1.65. The average Bonchev–Trinajstić information content (AvgIpc) is 2.91. The lowest BCUT2D eigenvalue weighted by atomic mass is 10.1. The lowest BCUT2D eigenvalue weighted by Crippen LogP contribution is -2.29. The number of thiazole rings is 1. The fourth-order valence-electron chi connectivity index (χ4n) is 2.95. The molecule has 1 amide bonds. The van der Waals surface area contributed by atoms with Gasteiger partial charge in [0.1, 0.15) is 0 Å². The monoisotopic (exact) mass is 346 g/mol. The first-order valence-electron chi connectivity index (χ1n) is 8.07. The number of hydrogen-bond acceptors (Lipinski definition) is 6. The molecule has 1 atom stereocenters. The number of aromatic nitrogens is 2. The lowest BCUT2D eigenvalue weighted by Gasteiger charge is -2.26. The minimum Gasteiger partial charge on any atom is -0.481 e. The standard InChI is InChI=1S/C17H22N4O2S/c1-11(15-10-18-17(24-15)19-12(2)22)21-8-6-13-4-5-16(23-3)20-14(13)7-9-21/h4-5,10-11H,6-9H2,1-3H3,(H,18,19,22)/t11-/m0/s1. The maximum Gasteiger partial charge on any atom is 0.223 e. The van der Waals surface area contributed by atoms with E-state index in [4.69, 9.17) is 4.74 Å². The van der Waals surface area contributed by atoms with Gasteiger partial charge < -0.3 is 10.1 Å². The number of carbonyl (C=O) groups excluding carboxylic acids is 1. The van der Waals surface area contributed by atoms with Crippen molar-refractivity contribution < 1.29 is 9.53 Å². The van der Waals surface area contributed by atoms with E-state index >= 15 is 0 Å². The van der Waals surface area contributed by atoms with Crippen LogP contribution in [0.3, 0.4) is 0 Å². The van der Waals surface area contributed by atoms with Crippen molar-refractivity contribution in [2.24, 2.45) is 0 Å². The molecule has 2 aromatic rings. The Morgan fingerprint density at radius 2 is 2.17 bits per heavy atom. The number of hydrogen-bond donors (Lipinski definition) is 1. The van der Waals surface area contributed by atoms with Crippen molar-refractivity contribution in [3.63, 3.8) is 0 Å². The first kappa shape index (κ1) is 16.9. The highest BCUT2D eigenvalue weighted by Crippen LogP contribution is 2.30. The molecule has 1 aliphatic heterocycles. The van der Waals surface area contributed by atoms with Gasteiger partial charge in [0.15, 0.2) is 5.13 Å². The van der Waals surface area contributed by atoms with Gasteiger partial charge in [-0.3, -0.25) is 9.69 Å². The number of rotatable bonds is 4. The van der Waals surface area contributed by atoms with Crippen molar-refractivity contribution in [2.75, 3.05) is 25.5 Å². The second-order valence-electron chi connectivity index (χ2n) is 5.92. The largest absolute Gasteiger partial charge is 0.481 e.